The third kappa shape index (κ3) is 2.89. The monoisotopic (exact) mass is 546 g/mol. The molecule has 0 aliphatic heterocycles. The van der Waals surface area contributed by atoms with Crippen molar-refractivity contribution in [2.24, 2.45) is 11.8 Å². The summed E-state index contributed by atoms with van der Waals surface area (Å²) < 4.78 is 0. The van der Waals surface area contributed by atoms with Crippen LogP contribution in [0.5, 0.6) is 0 Å². The third-order valence-electron chi connectivity index (χ3n) is 11.3. The average molecular weight is 547 g/mol. The molecule has 2 atom stereocenters. The van der Waals surface area contributed by atoms with Crippen LogP contribution in [-0.4, -0.2) is 0 Å². The van der Waals surface area contributed by atoms with Crippen LogP contribution in [0.25, 0.3) is 33.0 Å². The third-order valence-corrected chi connectivity index (χ3v) is 11.3. The van der Waals surface area contributed by atoms with Gasteiger partial charge in [0.1, 0.15) is 0 Å². The van der Waals surface area contributed by atoms with Crippen molar-refractivity contribution in [2.45, 2.75) is 78.6 Å². The molecule has 0 bridgehead atoms. The summed E-state index contributed by atoms with van der Waals surface area (Å²) in [4.78, 5) is 0. The number of hydrogen-bond acceptors (Lipinski definition) is 0. The van der Waals surface area contributed by atoms with E-state index < -0.39 is 0 Å². The number of allylic oxidation sites excluding steroid dienone is 6. The molecule has 0 radical (unpaired) electrons. The van der Waals surface area contributed by atoms with Crippen molar-refractivity contribution < 1.29 is 0 Å². The number of aryl methyl sites for hydroxylation is 1. The van der Waals surface area contributed by atoms with Crippen molar-refractivity contribution in [3.8, 4) is 11.1 Å². The van der Waals surface area contributed by atoms with Gasteiger partial charge < -0.3 is 0 Å². The first kappa shape index (κ1) is 26.0. The van der Waals surface area contributed by atoms with Crippen LogP contribution >= 0.6 is 0 Å². The van der Waals surface area contributed by atoms with Crippen LogP contribution in [-0.2, 0) is 16.2 Å². The highest BCUT2D eigenvalue weighted by atomic mass is 14.6. The summed E-state index contributed by atoms with van der Waals surface area (Å²) in [7, 11) is 0. The molecule has 8 rings (SSSR count). The van der Waals surface area contributed by atoms with E-state index in [-0.39, 0.29) is 16.2 Å². The maximum atomic E-state index is 2.64. The summed E-state index contributed by atoms with van der Waals surface area (Å²) in [5.41, 5.74) is 18.9. The van der Waals surface area contributed by atoms with Crippen LogP contribution in [0, 0.1) is 18.8 Å². The molecule has 210 valence electrons. The lowest BCUT2D eigenvalue weighted by Crippen LogP contribution is -2.39. The summed E-state index contributed by atoms with van der Waals surface area (Å²) in [5.74, 6) is 0.896. The molecule has 4 aliphatic carbocycles. The lowest BCUT2D eigenvalue weighted by atomic mass is 9.58. The van der Waals surface area contributed by atoms with Crippen LogP contribution in [0.15, 0.2) is 90.0 Å². The molecule has 0 heteroatoms. The topological polar surface area (TPSA) is 0 Å². The van der Waals surface area contributed by atoms with E-state index in [4.69, 9.17) is 0 Å². The zero-order valence-electron chi connectivity index (χ0n) is 26.7. The van der Waals surface area contributed by atoms with E-state index in [1.165, 1.54) is 83.1 Å². The standard InChI is InChI=1S/C42H42/c1-23(2)35-26(5)20-25(4)22-42(35)33-19-18-31-37(34(33)30-17-15-27-21-24(3)14-16-28(27)36(30)42)41(8,9)38-29-12-10-11-13-32(29)40(6,7)39(31)38/h10-23,35H,1-9H3. The molecule has 0 saturated carbocycles. The summed E-state index contributed by atoms with van der Waals surface area (Å²) >= 11 is 0. The predicted molar refractivity (Wildman–Crippen MR) is 180 cm³/mol. The van der Waals surface area contributed by atoms with Gasteiger partial charge in [-0.2, -0.15) is 0 Å². The van der Waals surface area contributed by atoms with Crippen LogP contribution < -0.4 is 0 Å². The summed E-state index contributed by atoms with van der Waals surface area (Å²) in [6.07, 6.45) is 5.08. The van der Waals surface area contributed by atoms with E-state index in [1.54, 1.807) is 0 Å². The average Bonchev–Trinajstić information content (AvgIpc) is 3.44. The van der Waals surface area contributed by atoms with Crippen molar-refractivity contribution in [3.63, 3.8) is 0 Å². The number of hydrogen-bond donors (Lipinski definition) is 0. The molecule has 0 amide bonds. The second kappa shape index (κ2) is 8.04. The second-order valence-corrected chi connectivity index (χ2v) is 15.0. The Kier molecular flexibility index (Phi) is 4.98. The zero-order chi connectivity index (χ0) is 29.5. The maximum Gasteiger partial charge on any atom is 0.0473 e. The van der Waals surface area contributed by atoms with E-state index in [0.29, 0.717) is 11.8 Å². The Hall–Kier alpha value is -3.64. The van der Waals surface area contributed by atoms with Crippen molar-refractivity contribution >= 4 is 21.9 Å². The van der Waals surface area contributed by atoms with E-state index in [1.807, 2.05) is 0 Å². The minimum absolute atomic E-state index is 0.0240. The van der Waals surface area contributed by atoms with E-state index >= 15 is 0 Å². The van der Waals surface area contributed by atoms with Crippen LogP contribution in [0.1, 0.15) is 94.3 Å². The van der Waals surface area contributed by atoms with Gasteiger partial charge in [0.15, 0.2) is 0 Å². The Bertz CT molecular complexity index is 1980. The Morgan fingerprint density at radius 1 is 0.667 bits per heavy atom. The van der Waals surface area contributed by atoms with Gasteiger partial charge in [-0.1, -0.05) is 137 Å². The Labute approximate surface area is 251 Å². The van der Waals surface area contributed by atoms with Crippen LogP contribution in [0.2, 0.25) is 0 Å². The normalized spacial score (nSPS) is 24.0. The lowest BCUT2D eigenvalue weighted by molar-refractivity contribution is 0.336. The van der Waals surface area contributed by atoms with Gasteiger partial charge in [-0.3, -0.25) is 0 Å². The predicted octanol–water partition coefficient (Wildman–Crippen LogP) is 11.1. The van der Waals surface area contributed by atoms with Gasteiger partial charge in [0.05, 0.1) is 0 Å². The van der Waals surface area contributed by atoms with E-state index in [0.717, 1.165) is 0 Å². The molecule has 1 spiro atoms. The van der Waals surface area contributed by atoms with Crippen molar-refractivity contribution in [3.05, 3.63) is 129 Å². The first-order valence-corrected chi connectivity index (χ1v) is 15.9. The van der Waals surface area contributed by atoms with Crippen molar-refractivity contribution in [1.29, 1.82) is 0 Å². The summed E-state index contributed by atoms with van der Waals surface area (Å²) in [6, 6.07) is 26.2. The smallest absolute Gasteiger partial charge is 0.0473 e. The SMILES string of the molecule is CC1=CC2(c3ccc4c(c3-c3ccc5cc(C)ccc5c32)C(C)(C)C2=C4C(C)(C)c3ccccc32)C(C(C)C)C(C)=C1. The first-order valence-electron chi connectivity index (χ1n) is 15.9. The molecule has 0 heterocycles. The molecule has 42 heavy (non-hydrogen) atoms. The molecule has 4 aromatic carbocycles. The minimum atomic E-state index is -0.192. The molecular formula is C42H42. The number of rotatable bonds is 1. The molecule has 0 fully saturated rings. The lowest BCUT2D eigenvalue weighted by Gasteiger charge is -2.44. The molecule has 0 aromatic heterocycles. The highest BCUT2D eigenvalue weighted by Gasteiger charge is 2.56. The van der Waals surface area contributed by atoms with E-state index in [9.17, 15) is 0 Å². The maximum absolute atomic E-state index is 2.64. The van der Waals surface area contributed by atoms with Crippen molar-refractivity contribution in [1.82, 2.24) is 0 Å². The fourth-order valence-electron chi connectivity index (χ4n) is 10.2. The molecule has 0 saturated heterocycles. The fourth-order valence-corrected chi connectivity index (χ4v) is 10.2. The molecule has 0 N–H and O–H groups in total. The van der Waals surface area contributed by atoms with Gasteiger partial charge in [-0.25, -0.2) is 0 Å². The van der Waals surface area contributed by atoms with Crippen LogP contribution in [0.4, 0.5) is 0 Å². The largest absolute Gasteiger partial charge is 0.0682 e. The van der Waals surface area contributed by atoms with Gasteiger partial charge in [-0.15, -0.1) is 0 Å². The first-order chi connectivity index (χ1) is 19.9. The number of fused-ring (bicyclic) bond motifs is 12. The van der Waals surface area contributed by atoms with Gasteiger partial charge >= 0.3 is 0 Å². The van der Waals surface area contributed by atoms with E-state index in [2.05, 4.69) is 141 Å². The van der Waals surface area contributed by atoms with Gasteiger partial charge in [-0.05, 0) is 99.0 Å². The van der Waals surface area contributed by atoms with Crippen LogP contribution in [0.3, 0.4) is 0 Å². The van der Waals surface area contributed by atoms with Gasteiger partial charge in [0, 0.05) is 16.2 Å². The highest BCUT2D eigenvalue weighted by molar-refractivity contribution is 6.12. The molecule has 4 aromatic rings. The van der Waals surface area contributed by atoms with Gasteiger partial charge in [0.25, 0.3) is 0 Å². The zero-order valence-corrected chi connectivity index (χ0v) is 26.7. The number of benzene rings is 4. The van der Waals surface area contributed by atoms with Gasteiger partial charge in [0.2, 0.25) is 0 Å². The Morgan fingerprint density at radius 2 is 1.38 bits per heavy atom. The Balaban J connectivity index is 1.53. The second-order valence-electron chi connectivity index (χ2n) is 15.0. The fraction of sp³-hybridized carbons (Fsp3) is 0.333. The Morgan fingerprint density at radius 3 is 2.14 bits per heavy atom. The minimum Gasteiger partial charge on any atom is -0.0682 e. The molecule has 0 nitrogen and oxygen atoms in total. The molecule has 4 aliphatic rings. The highest BCUT2D eigenvalue weighted by Crippen LogP contribution is 2.68. The molecule has 2 unspecified atom stereocenters. The summed E-state index contributed by atoms with van der Waals surface area (Å²) in [6.45, 7) is 21.6. The molecular weight excluding hydrogens is 504 g/mol. The quantitative estimate of drug-likeness (QED) is 0.223. The summed E-state index contributed by atoms with van der Waals surface area (Å²) in [5, 5.41) is 2.77. The van der Waals surface area contributed by atoms with Crippen molar-refractivity contribution in [2.75, 3.05) is 0 Å².